The molecule has 0 aromatic rings. The molecular formula is C6H18O7Si. The van der Waals surface area contributed by atoms with Crippen LogP contribution in [-0.2, 0) is 0 Å². The van der Waals surface area contributed by atoms with Gasteiger partial charge in [-0.3, -0.25) is 0 Å². The smallest absolute Gasteiger partial charge is 0.141 e. The van der Waals surface area contributed by atoms with E-state index in [0.717, 1.165) is 0 Å². The summed E-state index contributed by atoms with van der Waals surface area (Å²) >= 11 is 0. The summed E-state index contributed by atoms with van der Waals surface area (Å²) in [6.07, 6.45) is -6.39. The number of hydrogen-bond donors (Lipinski definition) is 7. The van der Waals surface area contributed by atoms with Crippen LogP contribution in [-0.4, -0.2) is 83.6 Å². The highest BCUT2D eigenvalue weighted by Crippen LogP contribution is 2.03. The molecule has 0 spiro atoms. The molecule has 8 heteroatoms. The first-order valence-corrected chi connectivity index (χ1v) is 4.82. The molecule has 7 nitrogen and oxygen atoms in total. The Hall–Kier alpha value is -0.0631. The molecule has 0 saturated heterocycles. The summed E-state index contributed by atoms with van der Waals surface area (Å²) in [5, 5.41) is 52.2. The van der Waals surface area contributed by atoms with E-state index in [0.29, 0.717) is 10.5 Å². The van der Waals surface area contributed by atoms with Gasteiger partial charge in [0, 0.05) is 0 Å². The maximum Gasteiger partial charge on any atom is 0.141 e. The van der Waals surface area contributed by atoms with Gasteiger partial charge in [-0.25, -0.2) is 0 Å². The highest BCUT2D eigenvalue weighted by atomic mass is 28.2. The van der Waals surface area contributed by atoms with E-state index in [4.69, 9.17) is 35.4 Å². The van der Waals surface area contributed by atoms with Crippen molar-refractivity contribution in [1.82, 2.24) is 0 Å². The molecule has 0 heterocycles. The minimum atomic E-state index is -1.67. The van der Waals surface area contributed by atoms with E-state index in [1.54, 1.807) is 0 Å². The largest absolute Gasteiger partial charge is 0.442 e. The van der Waals surface area contributed by atoms with Crippen LogP contribution in [0.1, 0.15) is 0 Å². The molecule has 0 aromatic carbocycles. The maximum atomic E-state index is 8.96. The zero-order valence-electron chi connectivity index (χ0n) is 7.85. The van der Waals surface area contributed by atoms with E-state index in [9.17, 15) is 0 Å². The SMILES string of the molecule is OC[C@@H](O)[C@@H](O)[C@H](O)[C@H](O)CO.O[SiH3]. The first-order chi connectivity index (χ1) is 6.54. The topological polar surface area (TPSA) is 142 Å². The Balaban J connectivity index is 0. The van der Waals surface area contributed by atoms with Crippen molar-refractivity contribution in [3.8, 4) is 0 Å². The lowest BCUT2D eigenvalue weighted by Crippen LogP contribution is -2.46. The monoisotopic (exact) mass is 230 g/mol. The van der Waals surface area contributed by atoms with Crippen molar-refractivity contribution in [2.45, 2.75) is 24.4 Å². The first kappa shape index (κ1) is 16.4. The van der Waals surface area contributed by atoms with Gasteiger partial charge in [-0.15, -0.1) is 0 Å². The average molecular weight is 230 g/mol. The van der Waals surface area contributed by atoms with Crippen LogP contribution >= 0.6 is 0 Å². The van der Waals surface area contributed by atoms with Crippen LogP contribution in [0.5, 0.6) is 0 Å². The van der Waals surface area contributed by atoms with Gasteiger partial charge in [0.2, 0.25) is 0 Å². The first-order valence-electron chi connectivity index (χ1n) is 3.93. The summed E-state index contributed by atoms with van der Waals surface area (Å²) in [7, 11) is 0.306. The predicted molar refractivity (Wildman–Crippen MR) is 50.4 cm³/mol. The summed E-state index contributed by atoms with van der Waals surface area (Å²) in [5.74, 6) is 0. The van der Waals surface area contributed by atoms with Crippen LogP contribution in [0.25, 0.3) is 0 Å². The fraction of sp³-hybridized carbons (Fsp3) is 1.00. The molecule has 0 fully saturated rings. The van der Waals surface area contributed by atoms with Gasteiger partial charge in [-0.2, -0.15) is 0 Å². The van der Waals surface area contributed by atoms with Gasteiger partial charge >= 0.3 is 0 Å². The van der Waals surface area contributed by atoms with Crippen LogP contribution in [0.3, 0.4) is 0 Å². The van der Waals surface area contributed by atoms with E-state index in [-0.39, 0.29) is 0 Å². The van der Waals surface area contributed by atoms with Crippen molar-refractivity contribution in [3.05, 3.63) is 0 Å². The molecule has 4 atom stereocenters. The molecule has 0 radical (unpaired) electrons. The van der Waals surface area contributed by atoms with E-state index in [1.165, 1.54) is 0 Å². The second kappa shape index (κ2) is 9.49. The van der Waals surface area contributed by atoms with Crippen molar-refractivity contribution in [2.75, 3.05) is 13.2 Å². The lowest BCUT2D eigenvalue weighted by molar-refractivity contribution is -0.123. The quantitative estimate of drug-likeness (QED) is 0.234. The molecule has 0 amide bonds. The second-order valence-corrected chi connectivity index (χ2v) is 2.48. The minimum absolute atomic E-state index is 0.306. The molecule has 0 rings (SSSR count). The number of rotatable bonds is 5. The third-order valence-corrected chi connectivity index (χ3v) is 1.51. The average Bonchev–Trinajstić information content (AvgIpc) is 2.27. The second-order valence-electron chi connectivity index (χ2n) is 2.48. The van der Waals surface area contributed by atoms with Crippen molar-refractivity contribution in [3.63, 3.8) is 0 Å². The molecular weight excluding hydrogens is 212 g/mol. The fourth-order valence-electron chi connectivity index (χ4n) is 0.671. The summed E-state index contributed by atoms with van der Waals surface area (Å²) in [4.78, 5) is 7.14. The predicted octanol–water partition coefficient (Wildman–Crippen LogP) is -5.33. The van der Waals surface area contributed by atoms with Crippen LogP contribution in [0.4, 0.5) is 0 Å². The molecule has 88 valence electrons. The third kappa shape index (κ3) is 5.62. The van der Waals surface area contributed by atoms with Gasteiger partial charge in [0.25, 0.3) is 0 Å². The molecule has 14 heavy (non-hydrogen) atoms. The summed E-state index contributed by atoms with van der Waals surface area (Å²) < 4.78 is 0. The van der Waals surface area contributed by atoms with Gasteiger partial charge in [0.15, 0.2) is 0 Å². The molecule has 0 aliphatic carbocycles. The molecule has 7 N–H and O–H groups in total. The highest BCUT2D eigenvalue weighted by Gasteiger charge is 2.29. The van der Waals surface area contributed by atoms with E-state index >= 15 is 0 Å². The van der Waals surface area contributed by atoms with Crippen molar-refractivity contribution in [2.24, 2.45) is 0 Å². The molecule has 0 unspecified atom stereocenters. The standard InChI is InChI=1S/C6H14O6.H4OSi/c7-1-3(9)5(11)6(12)4(10)2-8;1-2/h3-12H,1-2H2;1H,2H3/t3-,4-,5-,6-;/m1./s1. The number of aliphatic hydroxyl groups is 6. The Labute approximate surface area is 84.4 Å². The van der Waals surface area contributed by atoms with Gasteiger partial charge in [-0.1, -0.05) is 0 Å². The Morgan fingerprint density at radius 3 is 1.07 bits per heavy atom. The molecule has 0 aromatic heterocycles. The molecule has 0 aliphatic rings. The van der Waals surface area contributed by atoms with Crippen LogP contribution in [0, 0.1) is 0 Å². The zero-order valence-corrected chi connectivity index (χ0v) is 9.85. The third-order valence-electron chi connectivity index (χ3n) is 1.51. The lowest BCUT2D eigenvalue weighted by Gasteiger charge is -2.24. The molecule has 0 saturated carbocycles. The van der Waals surface area contributed by atoms with Crippen LogP contribution in [0.15, 0.2) is 0 Å². The number of hydrogen-bond acceptors (Lipinski definition) is 7. The van der Waals surface area contributed by atoms with Crippen LogP contribution < -0.4 is 0 Å². The maximum absolute atomic E-state index is 8.96. The van der Waals surface area contributed by atoms with Crippen molar-refractivity contribution in [1.29, 1.82) is 0 Å². The Bertz CT molecular complexity index is 111. The summed E-state index contributed by atoms with van der Waals surface area (Å²) in [5.41, 5.74) is 0. The zero-order chi connectivity index (χ0) is 11.7. The summed E-state index contributed by atoms with van der Waals surface area (Å²) in [6, 6.07) is 0. The van der Waals surface area contributed by atoms with Crippen molar-refractivity contribution < 1.29 is 35.4 Å². The lowest BCUT2D eigenvalue weighted by atomic mass is 10.0. The highest BCUT2D eigenvalue weighted by molar-refractivity contribution is 5.95. The molecule has 0 aliphatic heterocycles. The van der Waals surface area contributed by atoms with Crippen LogP contribution in [0.2, 0.25) is 0 Å². The Kier molecular flexibility index (Phi) is 11.1. The fourth-order valence-corrected chi connectivity index (χ4v) is 0.671. The number of aliphatic hydroxyl groups excluding tert-OH is 6. The van der Waals surface area contributed by atoms with E-state index in [1.807, 2.05) is 0 Å². The Morgan fingerprint density at radius 1 is 0.714 bits per heavy atom. The van der Waals surface area contributed by atoms with E-state index < -0.39 is 37.6 Å². The summed E-state index contributed by atoms with van der Waals surface area (Å²) in [6.45, 7) is -1.45. The van der Waals surface area contributed by atoms with Gasteiger partial charge in [0.1, 0.15) is 34.9 Å². The Morgan fingerprint density at radius 2 is 0.929 bits per heavy atom. The normalized spacial score (nSPS) is 19.1. The molecule has 0 bridgehead atoms. The minimum Gasteiger partial charge on any atom is -0.442 e. The van der Waals surface area contributed by atoms with Gasteiger partial charge < -0.3 is 35.4 Å². The van der Waals surface area contributed by atoms with E-state index in [2.05, 4.69) is 0 Å². The van der Waals surface area contributed by atoms with Gasteiger partial charge in [-0.05, 0) is 0 Å². The van der Waals surface area contributed by atoms with Gasteiger partial charge in [0.05, 0.1) is 13.2 Å². The van der Waals surface area contributed by atoms with Crippen molar-refractivity contribution >= 4 is 10.5 Å².